The number of likely N-dealkylation sites (N-methyl/N-ethyl adjacent to an activating group) is 2. The van der Waals surface area contributed by atoms with Crippen molar-refractivity contribution in [3.8, 4) is 11.4 Å². The summed E-state index contributed by atoms with van der Waals surface area (Å²) in [4.78, 5) is 15.3. The number of aryl methyl sites for hydroxylation is 1. The number of halogens is 3. The highest BCUT2D eigenvalue weighted by Gasteiger charge is 2.29. The largest absolute Gasteiger partial charge is 0.401 e. The van der Waals surface area contributed by atoms with Crippen molar-refractivity contribution in [2.24, 2.45) is 0 Å². The second-order valence-electron chi connectivity index (χ2n) is 6.98. The van der Waals surface area contributed by atoms with E-state index in [9.17, 15) is 18.0 Å². The van der Waals surface area contributed by atoms with Gasteiger partial charge in [-0.25, -0.2) is 0 Å². The van der Waals surface area contributed by atoms with Crippen LogP contribution in [0.25, 0.3) is 11.4 Å². The maximum Gasteiger partial charge on any atom is 0.401 e. The fraction of sp³-hybridized carbons (Fsp3) is 0.550. The number of hydrogen-bond acceptors (Lipinski definition) is 5. The van der Waals surface area contributed by atoms with Gasteiger partial charge in [0.15, 0.2) is 11.0 Å². The lowest BCUT2D eigenvalue weighted by atomic mass is 10.1. The van der Waals surface area contributed by atoms with Crippen LogP contribution in [0.3, 0.4) is 0 Å². The maximum atomic E-state index is 12.6. The van der Waals surface area contributed by atoms with Crippen LogP contribution in [-0.2, 0) is 11.3 Å². The fourth-order valence-corrected chi connectivity index (χ4v) is 3.96. The molecule has 1 amide bonds. The predicted octanol–water partition coefficient (Wildman–Crippen LogP) is 3.71. The van der Waals surface area contributed by atoms with E-state index in [1.165, 1.54) is 23.7 Å². The summed E-state index contributed by atoms with van der Waals surface area (Å²) in [6, 6.07) is 7.91. The highest BCUT2D eigenvalue weighted by Crippen LogP contribution is 2.26. The molecule has 0 bridgehead atoms. The van der Waals surface area contributed by atoms with Gasteiger partial charge in [-0.2, -0.15) is 13.2 Å². The van der Waals surface area contributed by atoms with Gasteiger partial charge in [-0.3, -0.25) is 9.69 Å². The van der Waals surface area contributed by atoms with Gasteiger partial charge in [-0.1, -0.05) is 36.0 Å². The first-order valence-electron chi connectivity index (χ1n) is 9.81. The molecule has 0 atom stereocenters. The van der Waals surface area contributed by atoms with Gasteiger partial charge in [0.05, 0.1) is 12.3 Å². The van der Waals surface area contributed by atoms with E-state index in [0.717, 1.165) is 17.0 Å². The molecule has 6 nitrogen and oxygen atoms in total. The zero-order valence-corrected chi connectivity index (χ0v) is 18.6. The Balaban J connectivity index is 1.99. The van der Waals surface area contributed by atoms with Crippen molar-refractivity contribution in [3.63, 3.8) is 0 Å². The second kappa shape index (κ2) is 10.8. The first-order valence-corrected chi connectivity index (χ1v) is 10.8. The molecular formula is C20H28F3N5OS. The molecule has 1 aromatic heterocycles. The zero-order valence-electron chi connectivity index (χ0n) is 17.7. The summed E-state index contributed by atoms with van der Waals surface area (Å²) in [6.45, 7) is 6.33. The highest BCUT2D eigenvalue weighted by molar-refractivity contribution is 7.99. The SMILES string of the molecule is CCN(CCN(C)CC(F)(F)F)C(=O)CSc1nnc(-c2ccccc2C)n1CC. The van der Waals surface area contributed by atoms with Gasteiger partial charge in [0.1, 0.15) is 0 Å². The molecule has 0 spiro atoms. The van der Waals surface area contributed by atoms with Crippen molar-refractivity contribution in [1.82, 2.24) is 24.6 Å². The predicted molar refractivity (Wildman–Crippen MR) is 112 cm³/mol. The van der Waals surface area contributed by atoms with Crippen LogP contribution in [0, 0.1) is 6.92 Å². The molecule has 2 rings (SSSR count). The van der Waals surface area contributed by atoms with Gasteiger partial charge in [-0.05, 0) is 33.4 Å². The molecule has 0 N–H and O–H groups in total. The standard InChI is InChI=1S/C20H28F3N5OS/c1-5-27(12-11-26(4)14-20(21,22)23)17(29)13-30-19-25-24-18(28(19)6-2)16-10-8-7-9-15(16)3/h7-10H,5-6,11-14H2,1-4H3. The number of benzene rings is 1. The maximum absolute atomic E-state index is 12.6. The minimum Gasteiger partial charge on any atom is -0.341 e. The summed E-state index contributed by atoms with van der Waals surface area (Å²) in [5, 5.41) is 9.20. The van der Waals surface area contributed by atoms with Gasteiger partial charge in [0.2, 0.25) is 5.91 Å². The fourth-order valence-electron chi connectivity index (χ4n) is 3.06. The Morgan fingerprint density at radius 1 is 1.17 bits per heavy atom. The molecule has 1 heterocycles. The molecule has 10 heteroatoms. The Morgan fingerprint density at radius 3 is 2.47 bits per heavy atom. The molecule has 0 saturated heterocycles. The van der Waals surface area contributed by atoms with E-state index in [4.69, 9.17) is 0 Å². The number of carbonyl (C=O) groups is 1. The first-order chi connectivity index (χ1) is 14.2. The molecule has 0 aliphatic heterocycles. The van der Waals surface area contributed by atoms with Crippen molar-refractivity contribution in [1.29, 1.82) is 0 Å². The monoisotopic (exact) mass is 443 g/mol. The van der Waals surface area contributed by atoms with E-state index in [0.29, 0.717) is 18.2 Å². The molecule has 30 heavy (non-hydrogen) atoms. The molecule has 2 aromatic rings. The Kier molecular flexibility index (Phi) is 8.72. The lowest BCUT2D eigenvalue weighted by Crippen LogP contribution is -2.40. The van der Waals surface area contributed by atoms with Crippen LogP contribution >= 0.6 is 11.8 Å². The lowest BCUT2D eigenvalue weighted by Gasteiger charge is -2.25. The van der Waals surface area contributed by atoms with Gasteiger partial charge in [0.25, 0.3) is 0 Å². The summed E-state index contributed by atoms with van der Waals surface area (Å²) in [5.41, 5.74) is 2.08. The lowest BCUT2D eigenvalue weighted by molar-refractivity contribution is -0.143. The van der Waals surface area contributed by atoms with Crippen molar-refractivity contribution < 1.29 is 18.0 Å². The van der Waals surface area contributed by atoms with E-state index < -0.39 is 12.7 Å². The number of aromatic nitrogens is 3. The zero-order chi connectivity index (χ0) is 22.3. The van der Waals surface area contributed by atoms with Crippen molar-refractivity contribution in [2.75, 3.05) is 39.0 Å². The molecular weight excluding hydrogens is 415 g/mol. The Hall–Kier alpha value is -2.07. The number of rotatable bonds is 10. The van der Waals surface area contributed by atoms with Crippen LogP contribution in [-0.4, -0.2) is 75.6 Å². The highest BCUT2D eigenvalue weighted by atomic mass is 32.2. The molecule has 0 aliphatic rings. The number of carbonyl (C=O) groups excluding carboxylic acids is 1. The van der Waals surface area contributed by atoms with E-state index >= 15 is 0 Å². The van der Waals surface area contributed by atoms with Crippen LogP contribution in [0.15, 0.2) is 29.4 Å². The van der Waals surface area contributed by atoms with Gasteiger partial charge >= 0.3 is 6.18 Å². The van der Waals surface area contributed by atoms with Crippen LogP contribution < -0.4 is 0 Å². The Labute approximate surface area is 179 Å². The van der Waals surface area contributed by atoms with Gasteiger partial charge in [-0.15, -0.1) is 10.2 Å². The van der Waals surface area contributed by atoms with E-state index in [1.54, 1.807) is 4.90 Å². The molecule has 166 valence electrons. The summed E-state index contributed by atoms with van der Waals surface area (Å²) < 4.78 is 39.3. The van der Waals surface area contributed by atoms with Crippen LogP contribution in [0.5, 0.6) is 0 Å². The minimum atomic E-state index is -4.25. The number of nitrogens with zero attached hydrogens (tertiary/aromatic N) is 5. The normalized spacial score (nSPS) is 11.9. The molecule has 0 saturated carbocycles. The summed E-state index contributed by atoms with van der Waals surface area (Å²) in [5.74, 6) is 0.778. The van der Waals surface area contributed by atoms with Crippen LogP contribution in [0.4, 0.5) is 13.2 Å². The van der Waals surface area contributed by atoms with Crippen molar-refractivity contribution in [3.05, 3.63) is 29.8 Å². The van der Waals surface area contributed by atoms with E-state index in [2.05, 4.69) is 10.2 Å². The number of alkyl halides is 3. The summed E-state index contributed by atoms with van der Waals surface area (Å²) >= 11 is 1.29. The molecule has 0 radical (unpaired) electrons. The smallest absolute Gasteiger partial charge is 0.341 e. The van der Waals surface area contributed by atoms with Crippen molar-refractivity contribution in [2.45, 2.75) is 38.6 Å². The number of thioether (sulfide) groups is 1. The van der Waals surface area contributed by atoms with Crippen LogP contribution in [0.2, 0.25) is 0 Å². The molecule has 0 unspecified atom stereocenters. The number of amides is 1. The minimum absolute atomic E-state index is 0.133. The van der Waals surface area contributed by atoms with Gasteiger partial charge < -0.3 is 9.47 Å². The Bertz CT molecular complexity index is 840. The quantitative estimate of drug-likeness (QED) is 0.524. The number of hydrogen-bond donors (Lipinski definition) is 0. The topological polar surface area (TPSA) is 54.3 Å². The van der Waals surface area contributed by atoms with Gasteiger partial charge in [0, 0.05) is 31.7 Å². The molecule has 1 aromatic carbocycles. The third-order valence-corrected chi connectivity index (χ3v) is 5.63. The Morgan fingerprint density at radius 2 is 1.87 bits per heavy atom. The van der Waals surface area contributed by atoms with Crippen molar-refractivity contribution >= 4 is 17.7 Å². The third-order valence-electron chi connectivity index (χ3n) is 4.68. The second-order valence-corrected chi connectivity index (χ2v) is 7.92. The average Bonchev–Trinajstić information content (AvgIpc) is 3.08. The average molecular weight is 444 g/mol. The third kappa shape index (κ3) is 6.73. The first kappa shape index (κ1) is 24.2. The van der Waals surface area contributed by atoms with E-state index in [-0.39, 0.29) is 24.7 Å². The summed E-state index contributed by atoms with van der Waals surface area (Å²) in [7, 11) is 1.40. The van der Waals surface area contributed by atoms with E-state index in [1.807, 2.05) is 49.6 Å². The molecule has 0 aliphatic carbocycles. The van der Waals surface area contributed by atoms with Crippen LogP contribution in [0.1, 0.15) is 19.4 Å². The summed E-state index contributed by atoms with van der Waals surface area (Å²) in [6.07, 6.45) is -4.25. The molecule has 0 fully saturated rings.